The van der Waals surface area contributed by atoms with Crippen LogP contribution in [0, 0.1) is 0 Å². The number of likely N-dealkylation sites (N-methyl/N-ethyl adjacent to an activating group) is 1. The third-order valence-corrected chi connectivity index (χ3v) is 7.36. The van der Waals surface area contributed by atoms with Crippen molar-refractivity contribution in [1.82, 2.24) is 9.62 Å². The Balaban J connectivity index is 1.99. The van der Waals surface area contributed by atoms with Crippen LogP contribution in [0.1, 0.15) is 18.5 Å². The van der Waals surface area contributed by atoms with Gasteiger partial charge in [0.15, 0.2) is 0 Å². The monoisotopic (exact) mass is 450 g/mol. The average Bonchev–Trinajstić information content (AvgIpc) is 2.95. The normalized spacial score (nSPS) is 13.0. The van der Waals surface area contributed by atoms with E-state index in [1.165, 1.54) is 19.2 Å². The predicted octanol–water partition coefficient (Wildman–Crippen LogP) is 3.66. The minimum absolute atomic E-state index is 0.115. The van der Waals surface area contributed by atoms with Gasteiger partial charge in [0, 0.05) is 11.5 Å². The second-order valence-electron chi connectivity index (χ2n) is 5.16. The summed E-state index contributed by atoms with van der Waals surface area (Å²) >= 11 is 10.1. The van der Waals surface area contributed by atoms with Gasteiger partial charge in [-0.2, -0.15) is 4.31 Å². The van der Waals surface area contributed by atoms with E-state index in [-0.39, 0.29) is 22.7 Å². The number of benzene rings is 1. The number of carbonyl (C=O) groups is 1. The number of hydrogen-bond acceptors (Lipinski definition) is 4. The van der Waals surface area contributed by atoms with Gasteiger partial charge in [0.1, 0.15) is 4.21 Å². The van der Waals surface area contributed by atoms with E-state index in [0.717, 1.165) is 25.7 Å². The molecule has 0 aliphatic carbocycles. The molecule has 0 fully saturated rings. The first-order valence-corrected chi connectivity index (χ1v) is 10.4. The molecule has 0 saturated heterocycles. The second-order valence-corrected chi connectivity index (χ2v) is 10.1. The van der Waals surface area contributed by atoms with Gasteiger partial charge in [0.05, 0.1) is 16.9 Å². The van der Waals surface area contributed by atoms with Gasteiger partial charge in [-0.1, -0.05) is 39.7 Å². The zero-order valence-electron chi connectivity index (χ0n) is 13.0. The number of hydrogen-bond donors (Lipinski definition) is 1. The van der Waals surface area contributed by atoms with Gasteiger partial charge in [-0.05, 0) is 36.8 Å². The van der Waals surface area contributed by atoms with Crippen LogP contribution in [0.25, 0.3) is 0 Å². The van der Waals surface area contributed by atoms with Crippen molar-refractivity contribution in [3.8, 4) is 0 Å². The molecule has 0 bridgehead atoms. The maximum atomic E-state index is 12.4. The summed E-state index contributed by atoms with van der Waals surface area (Å²) in [5, 5.41) is 2.79. The summed E-state index contributed by atoms with van der Waals surface area (Å²) in [6, 6.07) is 10.3. The maximum absolute atomic E-state index is 12.4. The molecule has 1 unspecified atom stereocenters. The van der Waals surface area contributed by atoms with Gasteiger partial charge in [-0.3, -0.25) is 4.79 Å². The van der Waals surface area contributed by atoms with Crippen LogP contribution in [-0.4, -0.2) is 32.2 Å². The Hall–Kier alpha value is -0.930. The Morgan fingerprint density at radius 1 is 1.29 bits per heavy atom. The van der Waals surface area contributed by atoms with Gasteiger partial charge in [-0.25, -0.2) is 8.42 Å². The second kappa shape index (κ2) is 7.97. The minimum atomic E-state index is -3.72. The molecule has 1 heterocycles. The zero-order valence-corrected chi connectivity index (χ0v) is 17.0. The SMILES string of the molecule is CC(NC(=O)CN(C)S(=O)(=O)c1ccc(Cl)s1)c1ccc(Br)cc1. The summed E-state index contributed by atoms with van der Waals surface area (Å²) < 4.78 is 27.2. The van der Waals surface area contributed by atoms with Crippen molar-refractivity contribution < 1.29 is 13.2 Å². The van der Waals surface area contributed by atoms with Crippen molar-refractivity contribution in [3.05, 3.63) is 50.8 Å². The summed E-state index contributed by atoms with van der Waals surface area (Å²) in [4.78, 5) is 12.1. The van der Waals surface area contributed by atoms with E-state index in [1.54, 1.807) is 0 Å². The van der Waals surface area contributed by atoms with Crippen molar-refractivity contribution in [2.45, 2.75) is 17.2 Å². The molecule has 0 aliphatic rings. The minimum Gasteiger partial charge on any atom is -0.348 e. The molecule has 2 rings (SSSR count). The Labute approximate surface area is 158 Å². The molecule has 130 valence electrons. The summed E-state index contributed by atoms with van der Waals surface area (Å²) in [7, 11) is -2.35. The number of rotatable bonds is 6. The quantitative estimate of drug-likeness (QED) is 0.729. The molecule has 9 heteroatoms. The van der Waals surface area contributed by atoms with E-state index in [9.17, 15) is 13.2 Å². The lowest BCUT2D eigenvalue weighted by molar-refractivity contribution is -0.121. The van der Waals surface area contributed by atoms with E-state index >= 15 is 0 Å². The lowest BCUT2D eigenvalue weighted by Crippen LogP contribution is -2.39. The molecule has 1 atom stereocenters. The van der Waals surface area contributed by atoms with Gasteiger partial charge in [0.2, 0.25) is 5.91 Å². The fourth-order valence-electron chi connectivity index (χ4n) is 2.00. The van der Waals surface area contributed by atoms with E-state index in [0.29, 0.717) is 4.34 Å². The first kappa shape index (κ1) is 19.4. The third kappa shape index (κ3) is 4.80. The Morgan fingerprint density at radius 2 is 1.92 bits per heavy atom. The molecule has 1 aromatic heterocycles. The van der Waals surface area contributed by atoms with Crippen LogP contribution >= 0.6 is 38.9 Å². The van der Waals surface area contributed by atoms with Crippen molar-refractivity contribution in [1.29, 1.82) is 0 Å². The van der Waals surface area contributed by atoms with E-state index in [1.807, 2.05) is 31.2 Å². The maximum Gasteiger partial charge on any atom is 0.252 e. The fraction of sp³-hybridized carbons (Fsp3) is 0.267. The molecule has 0 saturated carbocycles. The van der Waals surface area contributed by atoms with Crippen molar-refractivity contribution in [2.75, 3.05) is 13.6 Å². The number of sulfonamides is 1. The molecular formula is C15H16BrClN2O3S2. The third-order valence-electron chi connectivity index (χ3n) is 3.33. The number of halogens is 2. The van der Waals surface area contributed by atoms with Crippen molar-refractivity contribution in [2.24, 2.45) is 0 Å². The molecule has 0 radical (unpaired) electrons. The van der Waals surface area contributed by atoms with Gasteiger partial charge in [0.25, 0.3) is 10.0 Å². The highest BCUT2D eigenvalue weighted by atomic mass is 79.9. The number of nitrogens with zero attached hydrogens (tertiary/aromatic N) is 1. The molecule has 0 spiro atoms. The highest BCUT2D eigenvalue weighted by molar-refractivity contribution is 9.10. The van der Waals surface area contributed by atoms with Crippen LogP contribution in [0.3, 0.4) is 0 Å². The lowest BCUT2D eigenvalue weighted by Gasteiger charge is -2.19. The molecule has 2 aromatic rings. The van der Waals surface area contributed by atoms with Gasteiger partial charge >= 0.3 is 0 Å². The standard InChI is InChI=1S/C15H16BrClN2O3S2/c1-10(11-3-5-12(16)6-4-11)18-14(20)9-19(2)24(21,22)15-8-7-13(17)23-15/h3-8,10H,9H2,1-2H3,(H,18,20). The van der Waals surface area contributed by atoms with Gasteiger partial charge < -0.3 is 5.32 Å². The van der Waals surface area contributed by atoms with Crippen LogP contribution in [-0.2, 0) is 14.8 Å². The number of nitrogens with one attached hydrogen (secondary N) is 1. The summed E-state index contributed by atoms with van der Waals surface area (Å²) in [5.41, 5.74) is 0.932. The highest BCUT2D eigenvalue weighted by Crippen LogP contribution is 2.27. The fourth-order valence-corrected chi connectivity index (χ4v) is 5.08. The molecule has 1 aromatic carbocycles. The van der Waals surface area contributed by atoms with Crippen LogP contribution in [0.2, 0.25) is 4.34 Å². The summed E-state index contributed by atoms with van der Waals surface area (Å²) in [6.07, 6.45) is 0. The van der Waals surface area contributed by atoms with Crippen LogP contribution in [0.5, 0.6) is 0 Å². The zero-order chi connectivity index (χ0) is 17.9. The average molecular weight is 452 g/mol. The Morgan fingerprint density at radius 3 is 2.46 bits per heavy atom. The molecule has 5 nitrogen and oxygen atoms in total. The van der Waals surface area contributed by atoms with E-state index in [2.05, 4.69) is 21.2 Å². The molecule has 0 aliphatic heterocycles. The summed E-state index contributed by atoms with van der Waals surface area (Å²) in [5.74, 6) is -0.376. The molecule has 1 N–H and O–H groups in total. The van der Waals surface area contributed by atoms with Crippen LogP contribution in [0.4, 0.5) is 0 Å². The number of carbonyl (C=O) groups excluding carboxylic acids is 1. The number of amides is 1. The molecular weight excluding hydrogens is 436 g/mol. The summed E-state index contributed by atoms with van der Waals surface area (Å²) in [6.45, 7) is 1.58. The van der Waals surface area contributed by atoms with Gasteiger partial charge in [-0.15, -0.1) is 11.3 Å². The van der Waals surface area contributed by atoms with Crippen molar-refractivity contribution >= 4 is 54.8 Å². The topological polar surface area (TPSA) is 66.5 Å². The largest absolute Gasteiger partial charge is 0.348 e. The first-order valence-electron chi connectivity index (χ1n) is 6.96. The number of thiophene rings is 1. The van der Waals surface area contributed by atoms with Crippen LogP contribution < -0.4 is 5.32 Å². The van der Waals surface area contributed by atoms with E-state index in [4.69, 9.17) is 11.6 Å². The lowest BCUT2D eigenvalue weighted by atomic mass is 10.1. The van der Waals surface area contributed by atoms with Crippen LogP contribution in [0.15, 0.2) is 45.1 Å². The Kier molecular flexibility index (Phi) is 6.44. The smallest absolute Gasteiger partial charge is 0.252 e. The molecule has 1 amide bonds. The Bertz CT molecular complexity index is 821. The highest BCUT2D eigenvalue weighted by Gasteiger charge is 2.25. The first-order chi connectivity index (χ1) is 11.2. The van der Waals surface area contributed by atoms with E-state index < -0.39 is 10.0 Å². The molecule has 24 heavy (non-hydrogen) atoms. The predicted molar refractivity (Wildman–Crippen MR) is 99.8 cm³/mol. The van der Waals surface area contributed by atoms with Crippen molar-refractivity contribution in [3.63, 3.8) is 0 Å².